The van der Waals surface area contributed by atoms with Gasteiger partial charge in [-0.2, -0.15) is 13.2 Å². The minimum absolute atomic E-state index is 0.0609. The lowest BCUT2D eigenvalue weighted by Crippen LogP contribution is -2.63. The van der Waals surface area contributed by atoms with E-state index in [4.69, 9.17) is 5.73 Å². The number of phenolic OH excluding ortho intramolecular Hbond substituents is 1. The van der Waals surface area contributed by atoms with Crippen LogP contribution in [0.4, 0.5) is 13.2 Å². The highest BCUT2D eigenvalue weighted by Crippen LogP contribution is 2.65. The fourth-order valence-electron chi connectivity index (χ4n) is 11.5. The summed E-state index contributed by atoms with van der Waals surface area (Å²) in [5, 5.41) is 45.7. The van der Waals surface area contributed by atoms with Crippen molar-refractivity contribution in [2.45, 2.75) is 83.7 Å². The van der Waals surface area contributed by atoms with Crippen molar-refractivity contribution in [1.82, 2.24) is 9.80 Å². The van der Waals surface area contributed by atoms with Crippen LogP contribution in [0.25, 0.3) is 0 Å². The molecule has 51 heavy (non-hydrogen) atoms. The number of halogens is 3. The summed E-state index contributed by atoms with van der Waals surface area (Å²) in [5.74, 6) is -6.45. The molecular formula is C38H48F3N3O7. The van der Waals surface area contributed by atoms with Gasteiger partial charge in [0.05, 0.1) is 17.2 Å². The number of hydrogen-bond acceptors (Lipinski definition) is 9. The number of Topliss-reactive ketones (excluding diaryl/α,β-unsaturated/α-hetero) is 2. The van der Waals surface area contributed by atoms with E-state index in [1.54, 1.807) is 0 Å². The summed E-state index contributed by atoms with van der Waals surface area (Å²) in [6.07, 6.45) is -1.47. The SMILES string of the molecule is C[C@@H]1C2CC[C@H](CN(Cc3cc(O)c4c(c3C(F)(F)F)C[C@H]3C[C@H]5[C@H](N(C)C)C(O)=C(C(N)=O)C(=O)[C@@]5(O)C(O)=C3C4=O)CC3CC3)C1C2(C)C. The van der Waals surface area contributed by atoms with E-state index in [1.807, 2.05) is 0 Å². The Morgan fingerprint density at radius 2 is 1.71 bits per heavy atom. The van der Waals surface area contributed by atoms with E-state index in [0.29, 0.717) is 42.7 Å². The number of allylic oxidation sites excluding steroid dienone is 1. The molecule has 8 rings (SSSR count). The number of carbonyl (C=O) groups is 3. The maximum absolute atomic E-state index is 15.3. The zero-order valence-corrected chi connectivity index (χ0v) is 29.7. The number of carbonyl (C=O) groups excluding carboxylic acids is 3. The molecule has 0 radical (unpaired) electrons. The van der Waals surface area contributed by atoms with Crippen LogP contribution in [-0.4, -0.2) is 86.5 Å². The Kier molecular flexibility index (Phi) is 8.32. The molecule has 0 aromatic heterocycles. The highest BCUT2D eigenvalue weighted by Gasteiger charge is 2.64. The maximum Gasteiger partial charge on any atom is 0.417 e. The zero-order chi connectivity index (χ0) is 37.3. The van der Waals surface area contributed by atoms with Gasteiger partial charge in [-0.15, -0.1) is 0 Å². The topological polar surface area (TPSA) is 165 Å². The minimum atomic E-state index is -4.90. The third kappa shape index (κ3) is 5.27. The molecule has 10 nitrogen and oxygen atoms in total. The number of nitrogens with two attached hydrogens (primary N) is 1. The third-order valence-electron chi connectivity index (χ3n) is 13.6. The number of rotatable bonds is 8. The summed E-state index contributed by atoms with van der Waals surface area (Å²) in [7, 11) is 2.98. The predicted octanol–water partition coefficient (Wildman–Crippen LogP) is 4.67. The van der Waals surface area contributed by atoms with Gasteiger partial charge in [0.25, 0.3) is 5.91 Å². The Morgan fingerprint density at radius 1 is 1.04 bits per heavy atom. The van der Waals surface area contributed by atoms with Crippen LogP contribution >= 0.6 is 0 Å². The van der Waals surface area contributed by atoms with Gasteiger partial charge in [0.15, 0.2) is 11.4 Å². The Bertz CT molecular complexity index is 1780. The van der Waals surface area contributed by atoms with Gasteiger partial charge in [0, 0.05) is 31.1 Å². The first-order valence-electron chi connectivity index (χ1n) is 18.0. The number of amides is 1. The molecule has 4 fully saturated rings. The number of aliphatic hydroxyl groups is 3. The number of likely N-dealkylation sites (N-methyl/N-ethyl adjacent to an activating group) is 1. The summed E-state index contributed by atoms with van der Waals surface area (Å²) in [6.45, 7) is 8.10. The number of benzene rings is 1. The number of aromatic hydroxyl groups is 1. The molecule has 2 unspecified atom stereocenters. The average Bonchev–Trinajstić information content (AvgIpc) is 3.81. The van der Waals surface area contributed by atoms with Crippen LogP contribution in [0.2, 0.25) is 0 Å². The van der Waals surface area contributed by atoms with E-state index in [9.17, 15) is 34.8 Å². The monoisotopic (exact) mass is 715 g/mol. The van der Waals surface area contributed by atoms with Gasteiger partial charge < -0.3 is 26.2 Å². The van der Waals surface area contributed by atoms with E-state index in [0.717, 1.165) is 31.7 Å². The third-order valence-corrected chi connectivity index (χ3v) is 13.6. The average molecular weight is 716 g/mol. The van der Waals surface area contributed by atoms with Crippen molar-refractivity contribution < 1.29 is 48.0 Å². The molecule has 278 valence electrons. The van der Waals surface area contributed by atoms with Crippen molar-refractivity contribution in [2.24, 2.45) is 52.6 Å². The lowest BCUT2D eigenvalue weighted by Gasteiger charge is -2.65. The number of nitrogens with zero attached hydrogens (tertiary/aromatic N) is 2. The van der Waals surface area contributed by atoms with Crippen molar-refractivity contribution in [3.05, 3.63) is 51.0 Å². The molecule has 6 N–H and O–H groups in total. The number of fused-ring (bicyclic) bond motifs is 5. The Hall–Kier alpha value is -3.42. The first-order chi connectivity index (χ1) is 23.7. The Morgan fingerprint density at radius 3 is 2.25 bits per heavy atom. The summed E-state index contributed by atoms with van der Waals surface area (Å²) < 4.78 is 45.8. The quantitative estimate of drug-likeness (QED) is 0.241. The lowest BCUT2D eigenvalue weighted by molar-refractivity contribution is -0.166. The summed E-state index contributed by atoms with van der Waals surface area (Å²) in [4.78, 5) is 43.4. The van der Waals surface area contributed by atoms with Crippen LogP contribution in [0, 0.1) is 46.8 Å². The van der Waals surface area contributed by atoms with Crippen molar-refractivity contribution in [3.63, 3.8) is 0 Å². The maximum atomic E-state index is 15.3. The molecule has 13 heteroatoms. The highest BCUT2D eigenvalue weighted by atomic mass is 19.4. The molecular weight excluding hydrogens is 667 g/mol. The smallest absolute Gasteiger partial charge is 0.417 e. The van der Waals surface area contributed by atoms with Crippen molar-refractivity contribution in [2.75, 3.05) is 27.2 Å². The standard InChI is InChI=1S/C38H48F3N3O7/c1-16-22-9-8-18(28(16)36(22,2)3)14-44(13-17-6-7-17)15-20-12-24(45)26-21(29(20)38(39,40)41)10-19-11-23-30(43(4)5)32(47)27(35(42)50)34(49)37(23,51)33(48)25(19)31(26)46/h12,16-19,22-23,28,30,45,47-48,51H,6-11,13-15H2,1-5H3,(H2,42,50)/t16-,18-,19+,22?,23+,28?,30+,37+/m1/s1. The van der Waals surface area contributed by atoms with E-state index in [-0.39, 0.29) is 23.9 Å². The molecule has 0 aliphatic heterocycles. The molecule has 0 spiro atoms. The van der Waals surface area contributed by atoms with Gasteiger partial charge in [-0.25, -0.2) is 0 Å². The first kappa shape index (κ1) is 36.0. The van der Waals surface area contributed by atoms with Crippen molar-refractivity contribution in [1.29, 1.82) is 0 Å². The minimum Gasteiger partial charge on any atom is -0.510 e. The molecule has 0 heterocycles. The molecule has 0 saturated heterocycles. The van der Waals surface area contributed by atoms with E-state index < -0.39 is 98.7 Å². The molecule has 2 bridgehead atoms. The second kappa shape index (κ2) is 11.8. The van der Waals surface area contributed by atoms with Gasteiger partial charge in [-0.1, -0.05) is 20.8 Å². The Labute approximate surface area is 295 Å². The largest absolute Gasteiger partial charge is 0.510 e. The van der Waals surface area contributed by atoms with Gasteiger partial charge >= 0.3 is 6.18 Å². The predicted molar refractivity (Wildman–Crippen MR) is 179 cm³/mol. The molecule has 8 atom stereocenters. The fraction of sp³-hybridized carbons (Fsp3) is 0.658. The second-order valence-electron chi connectivity index (χ2n) is 17.0. The molecule has 7 aliphatic rings. The van der Waals surface area contributed by atoms with Crippen LogP contribution < -0.4 is 5.73 Å². The van der Waals surface area contributed by atoms with Crippen LogP contribution in [0.5, 0.6) is 5.75 Å². The van der Waals surface area contributed by atoms with E-state index in [2.05, 4.69) is 25.7 Å². The number of phenols is 1. The van der Waals surface area contributed by atoms with Gasteiger partial charge in [-0.3, -0.25) is 24.2 Å². The molecule has 7 aliphatic carbocycles. The Balaban J connectivity index is 1.30. The van der Waals surface area contributed by atoms with E-state index >= 15 is 13.2 Å². The highest BCUT2D eigenvalue weighted by molar-refractivity contribution is 6.24. The van der Waals surface area contributed by atoms with Crippen molar-refractivity contribution in [3.8, 4) is 5.75 Å². The zero-order valence-electron chi connectivity index (χ0n) is 29.7. The molecule has 4 saturated carbocycles. The number of alkyl halides is 3. The van der Waals surface area contributed by atoms with Crippen LogP contribution in [0.1, 0.15) is 79.9 Å². The number of aliphatic hydroxyl groups excluding tert-OH is 2. The number of hydrogen-bond donors (Lipinski definition) is 5. The molecule has 1 aromatic rings. The van der Waals surface area contributed by atoms with Crippen molar-refractivity contribution >= 4 is 17.5 Å². The van der Waals surface area contributed by atoms with Gasteiger partial charge in [-0.05, 0) is 111 Å². The summed E-state index contributed by atoms with van der Waals surface area (Å²) in [6, 6.07) is -0.240. The van der Waals surface area contributed by atoms with Crippen LogP contribution in [0.3, 0.4) is 0 Å². The number of ketones is 2. The molecule has 1 amide bonds. The summed E-state index contributed by atoms with van der Waals surface area (Å²) >= 11 is 0. The normalized spacial score (nSPS) is 34.4. The van der Waals surface area contributed by atoms with E-state index in [1.165, 1.54) is 19.0 Å². The van der Waals surface area contributed by atoms with Crippen LogP contribution in [0.15, 0.2) is 28.7 Å². The van der Waals surface area contributed by atoms with Gasteiger partial charge in [0.2, 0.25) is 5.78 Å². The fourth-order valence-corrected chi connectivity index (χ4v) is 11.5. The molecule has 1 aromatic carbocycles. The van der Waals surface area contributed by atoms with Gasteiger partial charge in [0.1, 0.15) is 22.8 Å². The summed E-state index contributed by atoms with van der Waals surface area (Å²) in [5.41, 5.74) is -0.903. The number of primary amides is 1. The lowest BCUT2D eigenvalue weighted by atomic mass is 9.40. The van der Waals surface area contributed by atoms with Crippen LogP contribution in [-0.2, 0) is 28.7 Å². The second-order valence-corrected chi connectivity index (χ2v) is 17.0. The first-order valence-corrected chi connectivity index (χ1v) is 18.0.